The van der Waals surface area contributed by atoms with Gasteiger partial charge in [0.15, 0.2) is 4.96 Å². The Hall–Kier alpha value is -2.45. The molecular formula is C18H20N4O3S. The third-order valence-electron chi connectivity index (χ3n) is 4.43. The Bertz CT molecular complexity index is 918. The molecule has 3 aromatic heterocycles. The van der Waals surface area contributed by atoms with E-state index in [2.05, 4.69) is 15.3 Å². The average Bonchev–Trinajstić information content (AvgIpc) is 3.18. The number of nitrogens with zero attached hydrogens (tertiary/aromatic N) is 3. The maximum absolute atomic E-state index is 12.9. The molecule has 0 radical (unpaired) electrons. The van der Waals surface area contributed by atoms with Crippen LogP contribution < -0.4 is 10.1 Å². The highest BCUT2D eigenvalue weighted by molar-refractivity contribution is 7.15. The second-order valence-corrected chi connectivity index (χ2v) is 7.21. The predicted molar refractivity (Wildman–Crippen MR) is 97.9 cm³/mol. The van der Waals surface area contributed by atoms with Crippen LogP contribution in [0.5, 0.6) is 5.75 Å². The highest BCUT2D eigenvalue weighted by atomic mass is 32.1. The smallest absolute Gasteiger partial charge is 0.270 e. The maximum Gasteiger partial charge on any atom is 0.270 e. The molecule has 4 heterocycles. The summed E-state index contributed by atoms with van der Waals surface area (Å²) in [4.78, 5) is 22.4. The summed E-state index contributed by atoms with van der Waals surface area (Å²) in [6.07, 6.45) is 4.11. The van der Waals surface area contributed by atoms with Crippen LogP contribution >= 0.6 is 11.3 Å². The normalized spacial score (nSPS) is 20.2. The molecule has 0 unspecified atom stereocenters. The zero-order valence-corrected chi connectivity index (χ0v) is 15.5. The number of amides is 1. The molecule has 0 saturated carbocycles. The van der Waals surface area contributed by atoms with Gasteiger partial charge in [-0.2, -0.15) is 0 Å². The van der Waals surface area contributed by atoms with Crippen LogP contribution in [-0.2, 0) is 4.74 Å². The first-order valence-corrected chi connectivity index (χ1v) is 9.40. The molecule has 1 N–H and O–H groups in total. The number of imidazole rings is 1. The van der Waals surface area contributed by atoms with E-state index in [0.717, 1.165) is 10.7 Å². The molecule has 1 fully saturated rings. The minimum absolute atomic E-state index is 0.164. The first kappa shape index (κ1) is 17.0. The second-order valence-electron chi connectivity index (χ2n) is 6.34. The molecule has 1 saturated heterocycles. The molecular weight excluding hydrogens is 352 g/mol. The Morgan fingerprint density at radius 1 is 1.42 bits per heavy atom. The summed E-state index contributed by atoms with van der Waals surface area (Å²) >= 11 is 1.50. The van der Waals surface area contributed by atoms with E-state index in [9.17, 15) is 4.79 Å². The van der Waals surface area contributed by atoms with E-state index < -0.39 is 0 Å². The van der Waals surface area contributed by atoms with E-state index in [1.54, 1.807) is 6.20 Å². The molecule has 1 amide bonds. The first-order valence-electron chi connectivity index (χ1n) is 8.52. The summed E-state index contributed by atoms with van der Waals surface area (Å²) in [6.45, 7) is 4.80. The molecule has 26 heavy (non-hydrogen) atoms. The van der Waals surface area contributed by atoms with Crippen LogP contribution in [0.3, 0.4) is 0 Å². The average molecular weight is 372 g/mol. The lowest BCUT2D eigenvalue weighted by molar-refractivity contribution is -0.00309. The summed E-state index contributed by atoms with van der Waals surface area (Å²) in [6, 6.07) is 3.57. The van der Waals surface area contributed by atoms with Gasteiger partial charge in [-0.15, -0.1) is 11.3 Å². The van der Waals surface area contributed by atoms with E-state index >= 15 is 0 Å². The van der Waals surface area contributed by atoms with Crippen molar-refractivity contribution in [1.82, 2.24) is 19.7 Å². The molecule has 1 aliphatic heterocycles. The molecule has 0 bridgehead atoms. The third kappa shape index (κ3) is 3.30. The zero-order valence-electron chi connectivity index (χ0n) is 14.6. The zero-order chi connectivity index (χ0) is 18.1. The van der Waals surface area contributed by atoms with Gasteiger partial charge < -0.3 is 14.8 Å². The SMILES string of the molecule is Cc1ccc(O[C@@H]2CCOC[C@@H]2NC(=O)c2c(C)nc3sccn23)cn1. The van der Waals surface area contributed by atoms with Crippen molar-refractivity contribution < 1.29 is 14.3 Å². The number of ether oxygens (including phenoxy) is 2. The van der Waals surface area contributed by atoms with E-state index in [1.807, 2.05) is 42.0 Å². The first-order chi connectivity index (χ1) is 12.6. The van der Waals surface area contributed by atoms with Crippen molar-refractivity contribution in [1.29, 1.82) is 0 Å². The fourth-order valence-corrected chi connectivity index (χ4v) is 3.86. The van der Waals surface area contributed by atoms with Crippen LogP contribution in [0.2, 0.25) is 0 Å². The Kier molecular flexibility index (Phi) is 4.60. The standard InChI is InChI=1S/C18H20N4O3S/c1-11-3-4-13(9-19-11)25-15-5-7-24-10-14(15)21-17(23)16-12(2)20-18-22(16)6-8-26-18/h3-4,6,8-9,14-15H,5,7,10H2,1-2H3,(H,21,23)/t14-,15+/m0/s1. The van der Waals surface area contributed by atoms with Crippen molar-refractivity contribution in [2.45, 2.75) is 32.4 Å². The van der Waals surface area contributed by atoms with Crippen molar-refractivity contribution >= 4 is 22.2 Å². The molecule has 3 aromatic rings. The fourth-order valence-electron chi connectivity index (χ4n) is 3.10. The van der Waals surface area contributed by atoms with Gasteiger partial charge in [-0.1, -0.05) is 0 Å². The number of hydrogen-bond acceptors (Lipinski definition) is 6. The minimum Gasteiger partial charge on any atom is -0.486 e. The molecule has 0 aromatic carbocycles. The van der Waals surface area contributed by atoms with Crippen molar-refractivity contribution in [3.8, 4) is 5.75 Å². The number of nitrogens with one attached hydrogen (secondary N) is 1. The second kappa shape index (κ2) is 7.05. The number of pyridine rings is 1. The van der Waals surface area contributed by atoms with Gasteiger partial charge >= 0.3 is 0 Å². The summed E-state index contributed by atoms with van der Waals surface area (Å²) in [5.74, 6) is 0.530. The molecule has 4 rings (SSSR count). The van der Waals surface area contributed by atoms with Crippen LogP contribution in [-0.4, -0.2) is 45.6 Å². The summed E-state index contributed by atoms with van der Waals surface area (Å²) in [5.41, 5.74) is 2.21. The van der Waals surface area contributed by atoms with Gasteiger partial charge in [0.25, 0.3) is 5.91 Å². The number of hydrogen-bond donors (Lipinski definition) is 1. The Morgan fingerprint density at radius 3 is 3.12 bits per heavy atom. The van der Waals surface area contributed by atoms with Gasteiger partial charge in [0.2, 0.25) is 0 Å². The van der Waals surface area contributed by atoms with Gasteiger partial charge in [0.1, 0.15) is 17.5 Å². The van der Waals surface area contributed by atoms with Crippen LogP contribution in [0.25, 0.3) is 4.96 Å². The molecule has 8 heteroatoms. The van der Waals surface area contributed by atoms with Crippen LogP contribution in [0.15, 0.2) is 29.9 Å². The van der Waals surface area contributed by atoms with Crippen molar-refractivity contribution in [2.24, 2.45) is 0 Å². The Labute approximate surface area is 155 Å². The monoisotopic (exact) mass is 372 g/mol. The highest BCUT2D eigenvalue weighted by Crippen LogP contribution is 2.20. The van der Waals surface area contributed by atoms with Crippen LogP contribution in [0.1, 0.15) is 28.3 Å². The Balaban J connectivity index is 1.51. The van der Waals surface area contributed by atoms with Crippen molar-refractivity contribution in [3.05, 3.63) is 47.0 Å². The fraction of sp³-hybridized carbons (Fsp3) is 0.389. The number of carbonyl (C=O) groups excluding carboxylic acids is 1. The quantitative estimate of drug-likeness (QED) is 0.761. The lowest BCUT2D eigenvalue weighted by atomic mass is 10.1. The summed E-state index contributed by atoms with van der Waals surface area (Å²) < 4.78 is 13.4. The third-order valence-corrected chi connectivity index (χ3v) is 5.19. The van der Waals surface area contributed by atoms with Crippen molar-refractivity contribution in [2.75, 3.05) is 13.2 Å². The maximum atomic E-state index is 12.9. The number of aromatic nitrogens is 3. The number of fused-ring (bicyclic) bond motifs is 1. The van der Waals surface area contributed by atoms with E-state index in [0.29, 0.717) is 36.8 Å². The van der Waals surface area contributed by atoms with Crippen molar-refractivity contribution in [3.63, 3.8) is 0 Å². The Morgan fingerprint density at radius 2 is 2.31 bits per heavy atom. The summed E-state index contributed by atoms with van der Waals surface area (Å²) in [7, 11) is 0. The topological polar surface area (TPSA) is 77.8 Å². The molecule has 1 aliphatic rings. The number of thiazole rings is 1. The number of aryl methyl sites for hydroxylation is 2. The van der Waals surface area contributed by atoms with Gasteiger partial charge in [-0.3, -0.25) is 14.2 Å². The lowest BCUT2D eigenvalue weighted by Crippen LogP contribution is -2.52. The minimum atomic E-state index is -0.235. The van der Waals surface area contributed by atoms with Gasteiger partial charge in [-0.25, -0.2) is 4.98 Å². The lowest BCUT2D eigenvalue weighted by Gasteiger charge is -2.32. The number of rotatable bonds is 4. The number of carbonyl (C=O) groups is 1. The van der Waals surface area contributed by atoms with E-state index in [4.69, 9.17) is 9.47 Å². The van der Waals surface area contributed by atoms with Gasteiger partial charge in [0.05, 0.1) is 31.1 Å². The predicted octanol–water partition coefficient (Wildman–Crippen LogP) is 2.37. The molecule has 136 valence electrons. The van der Waals surface area contributed by atoms with E-state index in [1.165, 1.54) is 11.3 Å². The van der Waals surface area contributed by atoms with Crippen LogP contribution in [0, 0.1) is 13.8 Å². The van der Waals surface area contributed by atoms with E-state index in [-0.39, 0.29) is 18.1 Å². The molecule has 0 spiro atoms. The van der Waals surface area contributed by atoms with Gasteiger partial charge in [0, 0.05) is 23.7 Å². The molecule has 7 nitrogen and oxygen atoms in total. The highest BCUT2D eigenvalue weighted by Gasteiger charge is 2.30. The molecule has 0 aliphatic carbocycles. The van der Waals surface area contributed by atoms with Crippen LogP contribution in [0.4, 0.5) is 0 Å². The summed E-state index contributed by atoms with van der Waals surface area (Å²) in [5, 5.41) is 4.98. The molecule has 2 atom stereocenters. The largest absolute Gasteiger partial charge is 0.486 e. The van der Waals surface area contributed by atoms with Gasteiger partial charge in [-0.05, 0) is 26.0 Å².